The summed E-state index contributed by atoms with van der Waals surface area (Å²) < 4.78 is 0. The zero-order valence-corrected chi connectivity index (χ0v) is 14.8. The third-order valence-corrected chi connectivity index (χ3v) is 6.01. The molecule has 23 heavy (non-hydrogen) atoms. The highest BCUT2D eigenvalue weighted by Crippen LogP contribution is 2.41. The molecule has 0 saturated carbocycles. The number of carbonyl (C=O) groups excluding carboxylic acids is 1. The molecule has 7 heteroatoms. The predicted molar refractivity (Wildman–Crippen MR) is 94.6 cm³/mol. The zero-order chi connectivity index (χ0) is 16.1. The molecule has 0 saturated heterocycles. The van der Waals surface area contributed by atoms with Crippen molar-refractivity contribution in [1.82, 2.24) is 10.2 Å². The van der Waals surface area contributed by atoms with E-state index in [-0.39, 0.29) is 12.1 Å². The fraction of sp³-hybridized carbons (Fsp3) is 0.312. The van der Waals surface area contributed by atoms with Crippen molar-refractivity contribution in [3.8, 4) is 0 Å². The lowest BCUT2D eigenvalue weighted by Gasteiger charge is -2.28. The SMILES string of the molecule is CN1CCc2c(sc3c2C(=O)N[C@H](c2ccc(Cl)cc2Cl)N3)C1. The Labute approximate surface area is 148 Å². The summed E-state index contributed by atoms with van der Waals surface area (Å²) in [5, 5.41) is 8.49. The average Bonchev–Trinajstić information content (AvgIpc) is 2.84. The number of anilines is 1. The Morgan fingerprint density at radius 1 is 1.30 bits per heavy atom. The van der Waals surface area contributed by atoms with Crippen LogP contribution in [0, 0.1) is 0 Å². The molecule has 2 N–H and O–H groups in total. The van der Waals surface area contributed by atoms with Crippen molar-refractivity contribution in [3.05, 3.63) is 49.8 Å². The van der Waals surface area contributed by atoms with E-state index in [2.05, 4.69) is 22.6 Å². The van der Waals surface area contributed by atoms with Crippen molar-refractivity contribution in [2.75, 3.05) is 18.9 Å². The van der Waals surface area contributed by atoms with Gasteiger partial charge in [0.2, 0.25) is 0 Å². The standard InChI is InChI=1S/C16H15Cl2N3OS/c1-21-5-4-10-12(7-21)23-16-13(10)15(22)19-14(20-16)9-3-2-8(17)6-11(9)18/h2-3,6,14,20H,4-5,7H2,1H3,(H,19,22)/t14-/m0/s1. The first kappa shape index (κ1) is 15.3. The molecule has 1 aromatic heterocycles. The summed E-state index contributed by atoms with van der Waals surface area (Å²) in [6.45, 7) is 1.88. The van der Waals surface area contributed by atoms with Crippen molar-refractivity contribution in [2.45, 2.75) is 19.1 Å². The molecule has 0 fully saturated rings. The van der Waals surface area contributed by atoms with Gasteiger partial charge < -0.3 is 15.5 Å². The molecule has 0 spiro atoms. The summed E-state index contributed by atoms with van der Waals surface area (Å²) in [5.41, 5.74) is 2.81. The molecule has 3 heterocycles. The molecule has 0 radical (unpaired) electrons. The number of carbonyl (C=O) groups is 1. The van der Waals surface area contributed by atoms with Crippen LogP contribution in [0.4, 0.5) is 5.00 Å². The second-order valence-electron chi connectivity index (χ2n) is 5.91. The normalized spacial score (nSPS) is 20.5. The molecular formula is C16H15Cl2N3OS. The van der Waals surface area contributed by atoms with Crippen LogP contribution in [0.15, 0.2) is 18.2 Å². The summed E-state index contributed by atoms with van der Waals surface area (Å²) in [4.78, 5) is 16.2. The minimum atomic E-state index is -0.336. The number of rotatable bonds is 1. The molecule has 4 nitrogen and oxygen atoms in total. The average molecular weight is 368 g/mol. The van der Waals surface area contributed by atoms with Crippen LogP contribution in [0.3, 0.4) is 0 Å². The minimum absolute atomic E-state index is 0.0307. The van der Waals surface area contributed by atoms with Crippen molar-refractivity contribution in [1.29, 1.82) is 0 Å². The van der Waals surface area contributed by atoms with Gasteiger partial charge in [0.25, 0.3) is 5.91 Å². The molecule has 1 atom stereocenters. The van der Waals surface area contributed by atoms with Crippen LogP contribution < -0.4 is 10.6 Å². The van der Waals surface area contributed by atoms with Crippen molar-refractivity contribution in [3.63, 3.8) is 0 Å². The van der Waals surface area contributed by atoms with Gasteiger partial charge in [-0.1, -0.05) is 29.3 Å². The number of thiophene rings is 1. The Bertz CT molecular complexity index is 805. The highest BCUT2D eigenvalue weighted by Gasteiger charge is 2.33. The summed E-state index contributed by atoms with van der Waals surface area (Å²) in [7, 11) is 2.10. The Balaban J connectivity index is 1.71. The van der Waals surface area contributed by atoms with E-state index < -0.39 is 0 Å². The second-order valence-corrected chi connectivity index (χ2v) is 7.86. The van der Waals surface area contributed by atoms with E-state index in [1.165, 1.54) is 10.4 Å². The molecule has 0 aliphatic carbocycles. The highest BCUT2D eigenvalue weighted by atomic mass is 35.5. The van der Waals surface area contributed by atoms with E-state index in [1.807, 2.05) is 6.07 Å². The van der Waals surface area contributed by atoms with E-state index in [0.29, 0.717) is 10.0 Å². The Kier molecular flexibility index (Phi) is 3.76. The van der Waals surface area contributed by atoms with Gasteiger partial charge in [-0.25, -0.2) is 0 Å². The Hall–Kier alpha value is -1.27. The van der Waals surface area contributed by atoms with Gasteiger partial charge in [0.1, 0.15) is 11.2 Å². The lowest BCUT2D eigenvalue weighted by atomic mass is 10.0. The fourth-order valence-corrected chi connectivity index (χ4v) is 5.01. The lowest BCUT2D eigenvalue weighted by molar-refractivity contribution is 0.0935. The number of benzene rings is 1. The number of likely N-dealkylation sites (N-methyl/N-ethyl adjacent to an activating group) is 1. The number of nitrogens with zero attached hydrogens (tertiary/aromatic N) is 1. The molecule has 120 valence electrons. The molecular weight excluding hydrogens is 353 g/mol. The molecule has 2 aliphatic rings. The number of nitrogens with one attached hydrogen (secondary N) is 2. The number of halogens is 2. The largest absolute Gasteiger partial charge is 0.353 e. The van der Waals surface area contributed by atoms with Gasteiger partial charge in [-0.2, -0.15) is 0 Å². The molecule has 1 amide bonds. The van der Waals surface area contributed by atoms with Gasteiger partial charge in [-0.15, -0.1) is 11.3 Å². The van der Waals surface area contributed by atoms with Crippen LogP contribution in [-0.4, -0.2) is 24.4 Å². The number of hydrogen-bond acceptors (Lipinski definition) is 4. The maximum Gasteiger partial charge on any atom is 0.256 e. The maximum atomic E-state index is 12.6. The topological polar surface area (TPSA) is 44.4 Å². The first-order valence-electron chi connectivity index (χ1n) is 7.38. The smallest absolute Gasteiger partial charge is 0.256 e. The third kappa shape index (κ3) is 2.62. The minimum Gasteiger partial charge on any atom is -0.353 e. The first-order chi connectivity index (χ1) is 11.0. The molecule has 0 bridgehead atoms. The summed E-state index contributed by atoms with van der Waals surface area (Å²) in [6.07, 6.45) is 0.580. The van der Waals surface area contributed by atoms with E-state index >= 15 is 0 Å². The van der Waals surface area contributed by atoms with Crippen LogP contribution in [0.2, 0.25) is 10.0 Å². The highest BCUT2D eigenvalue weighted by molar-refractivity contribution is 7.16. The van der Waals surface area contributed by atoms with Gasteiger partial charge in [-0.05, 0) is 31.2 Å². The van der Waals surface area contributed by atoms with E-state index in [0.717, 1.165) is 35.6 Å². The monoisotopic (exact) mass is 367 g/mol. The van der Waals surface area contributed by atoms with E-state index in [4.69, 9.17) is 23.2 Å². The summed E-state index contributed by atoms with van der Waals surface area (Å²) in [5.74, 6) is -0.0307. The molecule has 2 aliphatic heterocycles. The summed E-state index contributed by atoms with van der Waals surface area (Å²) in [6, 6.07) is 5.31. The van der Waals surface area contributed by atoms with Crippen molar-refractivity contribution >= 4 is 45.4 Å². The van der Waals surface area contributed by atoms with Gasteiger partial charge in [0, 0.05) is 33.6 Å². The van der Waals surface area contributed by atoms with Crippen molar-refractivity contribution < 1.29 is 4.79 Å². The van der Waals surface area contributed by atoms with Crippen LogP contribution in [0.5, 0.6) is 0 Å². The van der Waals surface area contributed by atoms with Crippen molar-refractivity contribution in [2.24, 2.45) is 0 Å². The zero-order valence-electron chi connectivity index (χ0n) is 12.5. The maximum absolute atomic E-state index is 12.6. The van der Waals surface area contributed by atoms with Gasteiger partial charge >= 0.3 is 0 Å². The van der Waals surface area contributed by atoms with Crippen LogP contribution >= 0.6 is 34.5 Å². The molecule has 1 aromatic carbocycles. The fourth-order valence-electron chi connectivity index (χ4n) is 3.13. The van der Waals surface area contributed by atoms with Gasteiger partial charge in [-0.3, -0.25) is 4.79 Å². The van der Waals surface area contributed by atoms with E-state index in [9.17, 15) is 4.79 Å². The van der Waals surface area contributed by atoms with Crippen LogP contribution in [0.1, 0.15) is 32.5 Å². The van der Waals surface area contributed by atoms with Gasteiger partial charge in [0.05, 0.1) is 5.56 Å². The molecule has 0 unspecified atom stereocenters. The first-order valence-corrected chi connectivity index (χ1v) is 8.95. The predicted octanol–water partition coefficient (Wildman–Crippen LogP) is 3.90. The number of amides is 1. The Morgan fingerprint density at radius 3 is 2.91 bits per heavy atom. The lowest BCUT2D eigenvalue weighted by Crippen LogP contribution is -2.38. The number of hydrogen-bond donors (Lipinski definition) is 2. The molecule has 2 aromatic rings. The van der Waals surface area contributed by atoms with Crippen LogP contribution in [0.25, 0.3) is 0 Å². The third-order valence-electron chi connectivity index (χ3n) is 4.30. The second kappa shape index (κ2) is 5.67. The molecule has 4 rings (SSSR count). The summed E-state index contributed by atoms with van der Waals surface area (Å²) >= 11 is 13.9. The Morgan fingerprint density at radius 2 is 2.13 bits per heavy atom. The quantitative estimate of drug-likeness (QED) is 0.803. The van der Waals surface area contributed by atoms with E-state index in [1.54, 1.807) is 23.5 Å². The van der Waals surface area contributed by atoms with Crippen LogP contribution in [-0.2, 0) is 13.0 Å². The number of fused-ring (bicyclic) bond motifs is 3. The van der Waals surface area contributed by atoms with Gasteiger partial charge in [0.15, 0.2) is 0 Å².